The normalized spacial score (nSPS) is 18.3. The molecule has 1 fully saturated rings. The zero-order valence-corrected chi connectivity index (χ0v) is 16.8. The van der Waals surface area contributed by atoms with Crippen molar-refractivity contribution in [3.8, 4) is 5.75 Å². The molecule has 1 aliphatic rings. The molecule has 2 aromatic rings. The van der Waals surface area contributed by atoms with Crippen LogP contribution in [0.25, 0.3) is 0 Å². The molecule has 1 atom stereocenters. The third-order valence-electron chi connectivity index (χ3n) is 4.55. The zero-order valence-electron chi connectivity index (χ0n) is 16.0. The average molecular weight is 391 g/mol. The van der Waals surface area contributed by atoms with E-state index in [1.165, 1.54) is 0 Å². The molecule has 0 aliphatic carbocycles. The van der Waals surface area contributed by atoms with Gasteiger partial charge in [-0.3, -0.25) is 0 Å². The molecule has 7 nitrogen and oxygen atoms in total. The van der Waals surface area contributed by atoms with Crippen molar-refractivity contribution in [2.45, 2.75) is 33.2 Å². The summed E-state index contributed by atoms with van der Waals surface area (Å²) >= 11 is 0. The Balaban J connectivity index is 1.80. The second-order valence-electron chi connectivity index (χ2n) is 6.58. The van der Waals surface area contributed by atoms with Crippen LogP contribution in [0, 0.1) is 6.92 Å². The Hall–Kier alpha value is -2.35. The van der Waals surface area contributed by atoms with E-state index < -0.39 is 9.84 Å². The van der Waals surface area contributed by atoms with Gasteiger partial charge in [0.05, 0.1) is 18.1 Å². The lowest BCUT2D eigenvalue weighted by Crippen LogP contribution is -2.36. The van der Waals surface area contributed by atoms with Crippen molar-refractivity contribution in [3.63, 3.8) is 0 Å². The number of hydrogen-bond acceptors (Lipinski definition) is 7. The van der Waals surface area contributed by atoms with Gasteiger partial charge in [-0.25, -0.2) is 18.4 Å². The van der Waals surface area contributed by atoms with Crippen molar-refractivity contribution in [1.29, 1.82) is 0 Å². The zero-order chi connectivity index (χ0) is 19.4. The molecule has 3 rings (SSSR count). The van der Waals surface area contributed by atoms with Crippen molar-refractivity contribution in [3.05, 3.63) is 36.2 Å². The summed E-state index contributed by atoms with van der Waals surface area (Å²) < 4.78 is 29.2. The molecule has 0 spiro atoms. The van der Waals surface area contributed by atoms with Crippen molar-refractivity contribution in [2.75, 3.05) is 34.9 Å². The Morgan fingerprint density at radius 1 is 1.22 bits per heavy atom. The summed E-state index contributed by atoms with van der Waals surface area (Å²) in [7, 11) is -2.95. The summed E-state index contributed by atoms with van der Waals surface area (Å²) in [5.41, 5.74) is 0.897. The number of anilines is 3. The van der Waals surface area contributed by atoms with E-state index in [0.717, 1.165) is 17.3 Å². The van der Waals surface area contributed by atoms with Crippen molar-refractivity contribution in [2.24, 2.45) is 0 Å². The summed E-state index contributed by atoms with van der Waals surface area (Å²) in [6.07, 6.45) is 0.640. The Kier molecular flexibility index (Phi) is 5.84. The lowest BCUT2D eigenvalue weighted by molar-refractivity contribution is 0.340. The van der Waals surface area contributed by atoms with E-state index in [9.17, 15) is 8.42 Å². The fourth-order valence-electron chi connectivity index (χ4n) is 3.34. The first-order valence-electron chi connectivity index (χ1n) is 9.23. The highest BCUT2D eigenvalue weighted by Gasteiger charge is 2.32. The van der Waals surface area contributed by atoms with Crippen LogP contribution >= 0.6 is 0 Å². The lowest BCUT2D eigenvalue weighted by atomic mass is 10.2. The first-order chi connectivity index (χ1) is 12.9. The number of rotatable bonds is 7. The van der Waals surface area contributed by atoms with Crippen LogP contribution in [0.2, 0.25) is 0 Å². The van der Waals surface area contributed by atoms with Gasteiger partial charge in [-0.15, -0.1) is 0 Å². The second-order valence-corrected chi connectivity index (χ2v) is 8.81. The third kappa shape index (κ3) is 4.88. The molecule has 0 radical (unpaired) electrons. The van der Waals surface area contributed by atoms with Crippen LogP contribution in [-0.4, -0.2) is 49.1 Å². The predicted molar refractivity (Wildman–Crippen MR) is 108 cm³/mol. The Morgan fingerprint density at radius 2 is 1.96 bits per heavy atom. The quantitative estimate of drug-likeness (QED) is 0.778. The molecular weight excluding hydrogens is 364 g/mol. The first-order valence-corrected chi connectivity index (χ1v) is 11.0. The summed E-state index contributed by atoms with van der Waals surface area (Å²) in [6.45, 7) is 7.13. The molecular formula is C19H26N4O3S. The largest absolute Gasteiger partial charge is 0.494 e. The van der Waals surface area contributed by atoms with E-state index in [1.54, 1.807) is 0 Å². The van der Waals surface area contributed by atoms with Crippen LogP contribution in [0.5, 0.6) is 5.75 Å². The minimum Gasteiger partial charge on any atom is -0.494 e. The summed E-state index contributed by atoms with van der Waals surface area (Å²) in [5.74, 6) is 3.32. The summed E-state index contributed by atoms with van der Waals surface area (Å²) in [6, 6.07) is 9.52. The second kappa shape index (κ2) is 8.12. The molecule has 1 aliphatic heterocycles. The van der Waals surface area contributed by atoms with Gasteiger partial charge >= 0.3 is 0 Å². The maximum atomic E-state index is 11.9. The van der Waals surface area contributed by atoms with E-state index in [-0.39, 0.29) is 17.5 Å². The minimum absolute atomic E-state index is 0.0346. The van der Waals surface area contributed by atoms with Crippen LogP contribution in [0.1, 0.15) is 26.1 Å². The van der Waals surface area contributed by atoms with Gasteiger partial charge < -0.3 is 15.0 Å². The minimum atomic E-state index is -2.95. The molecule has 27 heavy (non-hydrogen) atoms. The van der Waals surface area contributed by atoms with Crippen LogP contribution in [0.4, 0.5) is 17.3 Å². The monoisotopic (exact) mass is 390 g/mol. The number of benzene rings is 1. The van der Waals surface area contributed by atoms with Gasteiger partial charge in [-0.2, -0.15) is 0 Å². The molecule has 0 saturated carbocycles. The van der Waals surface area contributed by atoms with E-state index in [2.05, 4.69) is 20.2 Å². The molecule has 0 amide bonds. The van der Waals surface area contributed by atoms with Gasteiger partial charge in [0.1, 0.15) is 23.2 Å². The molecule has 8 heteroatoms. The molecule has 1 N–H and O–H groups in total. The number of sulfone groups is 1. The highest BCUT2D eigenvalue weighted by atomic mass is 32.2. The highest BCUT2D eigenvalue weighted by Crippen LogP contribution is 2.26. The smallest absolute Gasteiger partial charge is 0.152 e. The Labute approximate surface area is 160 Å². The van der Waals surface area contributed by atoms with Gasteiger partial charge in [0, 0.05) is 24.3 Å². The Bertz CT molecular complexity index is 884. The van der Waals surface area contributed by atoms with Crippen LogP contribution < -0.4 is 15.0 Å². The van der Waals surface area contributed by atoms with Gasteiger partial charge in [0.2, 0.25) is 0 Å². The van der Waals surface area contributed by atoms with Crippen LogP contribution in [0.15, 0.2) is 30.3 Å². The fraction of sp³-hybridized carbons (Fsp3) is 0.474. The number of hydrogen-bond donors (Lipinski definition) is 1. The Morgan fingerprint density at radius 3 is 2.56 bits per heavy atom. The lowest BCUT2D eigenvalue weighted by Gasteiger charge is -2.28. The van der Waals surface area contributed by atoms with E-state index in [1.807, 2.05) is 51.1 Å². The molecule has 146 valence electrons. The highest BCUT2D eigenvalue weighted by molar-refractivity contribution is 7.91. The standard InChI is InChI=1S/C19H26N4O3S/c1-4-23(16-10-11-27(24,25)13-16)19-12-18(20-14(3)21-19)22-15-6-8-17(9-7-15)26-5-2/h6-9,12,16H,4-5,10-11,13H2,1-3H3,(H,20,21,22). The number of nitrogens with one attached hydrogen (secondary N) is 1. The maximum Gasteiger partial charge on any atom is 0.152 e. The number of aryl methyl sites for hydroxylation is 1. The maximum absolute atomic E-state index is 11.9. The topological polar surface area (TPSA) is 84.4 Å². The van der Waals surface area contributed by atoms with Gasteiger partial charge in [0.15, 0.2) is 9.84 Å². The van der Waals surface area contributed by atoms with Crippen molar-refractivity contribution in [1.82, 2.24) is 9.97 Å². The summed E-state index contributed by atoms with van der Waals surface area (Å²) in [4.78, 5) is 11.1. The van der Waals surface area contributed by atoms with Crippen LogP contribution in [0.3, 0.4) is 0 Å². The van der Waals surface area contributed by atoms with Gasteiger partial charge in [-0.05, 0) is 51.5 Å². The molecule has 0 bridgehead atoms. The third-order valence-corrected chi connectivity index (χ3v) is 6.30. The number of aromatic nitrogens is 2. The van der Waals surface area contributed by atoms with E-state index >= 15 is 0 Å². The molecule has 1 unspecified atom stereocenters. The molecule has 1 saturated heterocycles. The van der Waals surface area contributed by atoms with E-state index in [4.69, 9.17) is 4.74 Å². The van der Waals surface area contributed by atoms with E-state index in [0.29, 0.717) is 31.2 Å². The molecule has 1 aromatic heterocycles. The predicted octanol–water partition coefficient (Wildman–Crippen LogP) is 2.94. The van der Waals surface area contributed by atoms with Crippen molar-refractivity contribution >= 4 is 27.2 Å². The first kappa shape index (κ1) is 19.4. The number of nitrogens with zero attached hydrogens (tertiary/aromatic N) is 3. The number of ether oxygens (including phenoxy) is 1. The average Bonchev–Trinajstić information content (AvgIpc) is 2.97. The van der Waals surface area contributed by atoms with Crippen LogP contribution in [-0.2, 0) is 9.84 Å². The molecule has 2 heterocycles. The van der Waals surface area contributed by atoms with Crippen molar-refractivity contribution < 1.29 is 13.2 Å². The summed E-state index contributed by atoms with van der Waals surface area (Å²) in [5, 5.41) is 3.29. The van der Waals surface area contributed by atoms with Gasteiger partial charge in [-0.1, -0.05) is 0 Å². The molecule has 1 aromatic carbocycles. The SMILES string of the molecule is CCOc1ccc(Nc2cc(N(CC)C3CCS(=O)(=O)C3)nc(C)n2)cc1. The fourth-order valence-corrected chi connectivity index (χ4v) is 5.07. The van der Waals surface area contributed by atoms with Gasteiger partial charge in [0.25, 0.3) is 0 Å².